The van der Waals surface area contributed by atoms with Gasteiger partial charge in [0, 0.05) is 28.9 Å². The van der Waals surface area contributed by atoms with E-state index in [0.29, 0.717) is 11.3 Å². The lowest BCUT2D eigenvalue weighted by Crippen LogP contribution is -2.36. The van der Waals surface area contributed by atoms with E-state index in [1.54, 1.807) is 6.92 Å². The third-order valence-electron chi connectivity index (χ3n) is 4.50. The Balaban J connectivity index is 1.68. The Kier molecular flexibility index (Phi) is 6.23. The molecule has 1 aliphatic rings. The molecule has 0 saturated carbocycles. The molecule has 2 amide bonds. The largest absolute Gasteiger partial charge is 0.417 e. The molecule has 0 radical (unpaired) electrons. The standard InChI is InChI=1S/C19H18N4O8S/c1-11-18(31-32(2,28)29)30-19(25)22(11)14-7-3-12(4-8-14)16(20)21-17(24)13-5-9-15(10-6-13)23(26)27/h3-11,18H,1-2H3,(H2,20,21,24). The van der Waals surface area contributed by atoms with E-state index in [0.717, 1.165) is 6.26 Å². The van der Waals surface area contributed by atoms with E-state index in [9.17, 15) is 28.1 Å². The number of carbonyl (C=O) groups excluding carboxylic acids is 2. The van der Waals surface area contributed by atoms with Crippen LogP contribution in [0.1, 0.15) is 22.8 Å². The van der Waals surface area contributed by atoms with Crippen LogP contribution in [0.3, 0.4) is 0 Å². The van der Waals surface area contributed by atoms with E-state index in [1.807, 2.05) is 0 Å². The Morgan fingerprint density at radius 3 is 2.25 bits per heavy atom. The molecule has 3 rings (SSSR count). The summed E-state index contributed by atoms with van der Waals surface area (Å²) in [5.41, 5.74) is 0.682. The molecular formula is C19H18N4O8S. The average Bonchev–Trinajstić information content (AvgIpc) is 2.99. The fourth-order valence-electron chi connectivity index (χ4n) is 2.94. The third kappa shape index (κ3) is 5.07. The van der Waals surface area contributed by atoms with Crippen molar-refractivity contribution in [2.45, 2.75) is 19.3 Å². The topological polar surface area (TPSA) is 169 Å². The van der Waals surface area contributed by atoms with Gasteiger partial charge in [-0.1, -0.05) is 0 Å². The molecule has 0 spiro atoms. The number of amidine groups is 1. The predicted molar refractivity (Wildman–Crippen MR) is 112 cm³/mol. The van der Waals surface area contributed by atoms with Crippen LogP contribution < -0.4 is 10.2 Å². The van der Waals surface area contributed by atoms with Crippen LogP contribution in [0.15, 0.2) is 48.5 Å². The lowest BCUT2D eigenvalue weighted by Gasteiger charge is -2.20. The molecule has 1 aliphatic heterocycles. The quantitative estimate of drug-likeness (QED) is 0.216. The highest BCUT2D eigenvalue weighted by molar-refractivity contribution is 7.86. The number of nitro groups is 1. The van der Waals surface area contributed by atoms with Gasteiger partial charge in [-0.25, -0.2) is 8.98 Å². The van der Waals surface area contributed by atoms with Gasteiger partial charge in [0.1, 0.15) is 11.9 Å². The number of benzene rings is 2. The van der Waals surface area contributed by atoms with Crippen molar-refractivity contribution in [3.63, 3.8) is 0 Å². The Hall–Kier alpha value is -3.84. The van der Waals surface area contributed by atoms with E-state index < -0.39 is 39.4 Å². The summed E-state index contributed by atoms with van der Waals surface area (Å²) in [5.74, 6) is -0.846. The van der Waals surface area contributed by atoms with Crippen LogP contribution in [-0.4, -0.2) is 49.8 Å². The highest BCUT2D eigenvalue weighted by Gasteiger charge is 2.42. The minimum absolute atomic E-state index is 0.141. The van der Waals surface area contributed by atoms with Gasteiger partial charge >= 0.3 is 6.09 Å². The zero-order valence-electron chi connectivity index (χ0n) is 16.8. The van der Waals surface area contributed by atoms with Gasteiger partial charge in [-0.05, 0) is 43.3 Å². The molecule has 2 aromatic carbocycles. The smallest absolute Gasteiger partial charge is 0.416 e. The fourth-order valence-corrected chi connectivity index (χ4v) is 3.48. The second kappa shape index (κ2) is 8.72. The van der Waals surface area contributed by atoms with Crippen molar-refractivity contribution in [3.05, 3.63) is 69.8 Å². The summed E-state index contributed by atoms with van der Waals surface area (Å²) in [6.07, 6.45) is -1.24. The second-order valence-corrected chi connectivity index (χ2v) is 8.44. The van der Waals surface area contributed by atoms with Crippen LogP contribution in [0, 0.1) is 15.5 Å². The highest BCUT2D eigenvalue weighted by atomic mass is 32.2. The number of nitrogens with zero attached hydrogens (tertiary/aromatic N) is 2. The summed E-state index contributed by atoms with van der Waals surface area (Å²) in [7, 11) is -3.83. The summed E-state index contributed by atoms with van der Waals surface area (Å²) in [6, 6.07) is 10.2. The number of ether oxygens (including phenoxy) is 1. The van der Waals surface area contributed by atoms with Crippen LogP contribution in [0.2, 0.25) is 0 Å². The van der Waals surface area contributed by atoms with Crippen molar-refractivity contribution < 1.29 is 31.9 Å². The number of nitrogens with one attached hydrogen (secondary N) is 2. The zero-order valence-corrected chi connectivity index (χ0v) is 17.7. The molecule has 0 aliphatic carbocycles. The summed E-state index contributed by atoms with van der Waals surface area (Å²) in [4.78, 5) is 35.7. The lowest BCUT2D eigenvalue weighted by atomic mass is 10.1. The molecule has 1 fully saturated rings. The van der Waals surface area contributed by atoms with Gasteiger partial charge in [0.15, 0.2) is 0 Å². The van der Waals surface area contributed by atoms with Gasteiger partial charge < -0.3 is 10.1 Å². The first kappa shape index (κ1) is 22.8. The van der Waals surface area contributed by atoms with Crippen molar-refractivity contribution in [2.24, 2.45) is 0 Å². The van der Waals surface area contributed by atoms with Crippen LogP contribution in [0.4, 0.5) is 16.2 Å². The first-order chi connectivity index (χ1) is 15.0. The summed E-state index contributed by atoms with van der Waals surface area (Å²) in [6.45, 7) is 1.56. The van der Waals surface area contributed by atoms with Gasteiger partial charge in [-0.3, -0.25) is 25.2 Å². The van der Waals surface area contributed by atoms with E-state index >= 15 is 0 Å². The molecule has 32 heavy (non-hydrogen) atoms. The van der Waals surface area contributed by atoms with Gasteiger partial charge in [-0.15, -0.1) is 0 Å². The number of non-ortho nitro benzene ring substituents is 1. The molecule has 168 valence electrons. The van der Waals surface area contributed by atoms with Gasteiger partial charge in [0.25, 0.3) is 21.7 Å². The van der Waals surface area contributed by atoms with E-state index in [2.05, 4.69) is 5.32 Å². The lowest BCUT2D eigenvalue weighted by molar-refractivity contribution is -0.384. The Bertz CT molecular complexity index is 1180. The minimum atomic E-state index is -3.83. The van der Waals surface area contributed by atoms with Crippen LogP contribution in [-0.2, 0) is 19.0 Å². The maximum atomic E-state index is 12.3. The number of nitro benzene ring substituents is 1. The first-order valence-corrected chi connectivity index (χ1v) is 10.9. The fraction of sp³-hybridized carbons (Fsp3) is 0.211. The Morgan fingerprint density at radius 2 is 1.72 bits per heavy atom. The molecular weight excluding hydrogens is 444 g/mol. The van der Waals surface area contributed by atoms with E-state index in [-0.39, 0.29) is 17.1 Å². The van der Waals surface area contributed by atoms with Crippen molar-refractivity contribution >= 4 is 39.3 Å². The van der Waals surface area contributed by atoms with Crippen molar-refractivity contribution in [1.82, 2.24) is 5.32 Å². The van der Waals surface area contributed by atoms with Crippen LogP contribution in [0.5, 0.6) is 0 Å². The van der Waals surface area contributed by atoms with Crippen molar-refractivity contribution in [1.29, 1.82) is 5.41 Å². The molecule has 2 atom stereocenters. The van der Waals surface area contributed by atoms with Gasteiger partial charge in [0.2, 0.25) is 6.29 Å². The SMILES string of the molecule is CC1C(OS(C)(=O)=O)OC(=O)N1c1ccc(C(=N)NC(=O)c2ccc([N+](=O)[O-])cc2)cc1. The minimum Gasteiger partial charge on any atom is -0.416 e. The Labute approximate surface area is 182 Å². The normalized spacial score (nSPS) is 18.2. The number of amides is 2. The Morgan fingerprint density at radius 1 is 1.16 bits per heavy atom. The monoisotopic (exact) mass is 462 g/mol. The molecule has 2 aromatic rings. The maximum absolute atomic E-state index is 12.3. The number of hydrogen-bond donors (Lipinski definition) is 2. The van der Waals surface area contributed by atoms with E-state index in [1.165, 1.54) is 53.4 Å². The number of carbonyl (C=O) groups is 2. The molecule has 2 N–H and O–H groups in total. The molecule has 13 heteroatoms. The van der Waals surface area contributed by atoms with Crippen molar-refractivity contribution in [3.8, 4) is 0 Å². The number of hydrogen-bond acceptors (Lipinski definition) is 9. The predicted octanol–water partition coefficient (Wildman–Crippen LogP) is 2.00. The number of anilines is 1. The molecule has 1 saturated heterocycles. The highest BCUT2D eigenvalue weighted by Crippen LogP contribution is 2.28. The van der Waals surface area contributed by atoms with Gasteiger partial charge in [-0.2, -0.15) is 8.42 Å². The summed E-state index contributed by atoms with van der Waals surface area (Å²) in [5, 5.41) is 21.2. The van der Waals surface area contributed by atoms with Crippen LogP contribution >= 0.6 is 0 Å². The van der Waals surface area contributed by atoms with Crippen molar-refractivity contribution in [2.75, 3.05) is 11.2 Å². The van der Waals surface area contributed by atoms with Crippen LogP contribution in [0.25, 0.3) is 0 Å². The summed E-state index contributed by atoms with van der Waals surface area (Å²) < 4.78 is 32.4. The number of cyclic esters (lactones) is 1. The number of rotatable bonds is 6. The average molecular weight is 462 g/mol. The molecule has 1 heterocycles. The van der Waals surface area contributed by atoms with E-state index in [4.69, 9.17) is 14.3 Å². The summed E-state index contributed by atoms with van der Waals surface area (Å²) >= 11 is 0. The first-order valence-electron chi connectivity index (χ1n) is 9.09. The molecule has 0 bridgehead atoms. The maximum Gasteiger partial charge on any atom is 0.417 e. The third-order valence-corrected chi connectivity index (χ3v) is 5.04. The molecule has 2 unspecified atom stereocenters. The molecule has 0 aromatic heterocycles. The zero-order chi connectivity index (χ0) is 23.6. The van der Waals surface area contributed by atoms with Gasteiger partial charge in [0.05, 0.1) is 11.2 Å². The molecule has 12 nitrogen and oxygen atoms in total. The second-order valence-electron chi connectivity index (χ2n) is 6.84.